The number of nitrogens with zero attached hydrogens (tertiary/aromatic N) is 3. The van der Waals surface area contributed by atoms with Crippen molar-refractivity contribution in [3.8, 4) is 11.3 Å². The predicted molar refractivity (Wildman–Crippen MR) is 85.8 cm³/mol. The highest BCUT2D eigenvalue weighted by Gasteiger charge is 2.40. The van der Waals surface area contributed by atoms with Crippen LogP contribution in [0.2, 0.25) is 0 Å². The number of rotatable bonds is 3. The number of anilines is 1. The third kappa shape index (κ3) is 2.66. The van der Waals surface area contributed by atoms with Crippen LogP contribution < -0.4 is 10.6 Å². The molecule has 2 aromatic rings. The Hall–Kier alpha value is -2.03. The van der Waals surface area contributed by atoms with Crippen molar-refractivity contribution in [3.05, 3.63) is 29.7 Å². The second-order valence-electron chi connectivity index (χ2n) is 6.10. The van der Waals surface area contributed by atoms with Crippen LogP contribution in [0.1, 0.15) is 18.5 Å². The van der Waals surface area contributed by atoms with Crippen LogP contribution >= 0.6 is 0 Å². The molecule has 4 rings (SSSR count). The fraction of sp³-hybridized carbons (Fsp3) is 0.500. The van der Waals surface area contributed by atoms with Crippen LogP contribution in [0, 0.1) is 5.82 Å². The van der Waals surface area contributed by atoms with Crippen LogP contribution in [-0.4, -0.2) is 47.5 Å². The number of aromatic amines is 1. The Kier molecular flexibility index (Phi) is 3.95. The lowest BCUT2D eigenvalue weighted by molar-refractivity contribution is -0.169. The molecule has 1 aromatic carbocycles. The number of hydrogen-bond donors (Lipinski definition) is 2. The van der Waals surface area contributed by atoms with Gasteiger partial charge in [-0.2, -0.15) is 0 Å². The van der Waals surface area contributed by atoms with E-state index in [-0.39, 0.29) is 12.4 Å². The zero-order valence-corrected chi connectivity index (χ0v) is 13.3. The Bertz CT molecular complexity index is 719. The summed E-state index contributed by atoms with van der Waals surface area (Å²) in [6.45, 7) is 2.95. The highest BCUT2D eigenvalue weighted by molar-refractivity contribution is 5.65. The SMILES string of the molecule is NCc1nn[nH]c1-c1ccc(N2CCC3(CC2)OCCO3)c(F)c1. The van der Waals surface area contributed by atoms with Crippen LogP contribution in [0.25, 0.3) is 11.3 Å². The molecular formula is C16H20FN5O2. The van der Waals surface area contributed by atoms with Gasteiger partial charge in [0.15, 0.2) is 5.79 Å². The molecular weight excluding hydrogens is 313 g/mol. The molecule has 2 aliphatic rings. The molecule has 0 bridgehead atoms. The second kappa shape index (κ2) is 6.12. The topological polar surface area (TPSA) is 89.3 Å². The molecule has 0 saturated carbocycles. The first-order valence-electron chi connectivity index (χ1n) is 8.13. The third-order valence-corrected chi connectivity index (χ3v) is 4.73. The van der Waals surface area contributed by atoms with E-state index < -0.39 is 5.79 Å². The van der Waals surface area contributed by atoms with Gasteiger partial charge in [-0.05, 0) is 12.1 Å². The molecule has 2 aliphatic heterocycles. The summed E-state index contributed by atoms with van der Waals surface area (Å²) in [5.41, 5.74) is 8.19. The minimum Gasteiger partial charge on any atom is -0.369 e. The molecule has 1 spiro atoms. The van der Waals surface area contributed by atoms with Crippen molar-refractivity contribution >= 4 is 5.69 Å². The van der Waals surface area contributed by atoms with Crippen molar-refractivity contribution in [2.75, 3.05) is 31.2 Å². The Balaban J connectivity index is 1.53. The van der Waals surface area contributed by atoms with Gasteiger partial charge in [0.25, 0.3) is 0 Å². The minimum absolute atomic E-state index is 0.253. The maximum Gasteiger partial charge on any atom is 0.171 e. The Morgan fingerprint density at radius 1 is 1.25 bits per heavy atom. The zero-order chi connectivity index (χ0) is 16.6. The Morgan fingerprint density at radius 2 is 2.00 bits per heavy atom. The number of aromatic nitrogens is 3. The normalized spacial score (nSPS) is 20.0. The van der Waals surface area contributed by atoms with Crippen molar-refractivity contribution in [2.45, 2.75) is 25.2 Å². The van der Waals surface area contributed by atoms with Crippen molar-refractivity contribution in [3.63, 3.8) is 0 Å². The molecule has 0 amide bonds. The van der Waals surface area contributed by atoms with Crippen molar-refractivity contribution in [1.82, 2.24) is 15.4 Å². The van der Waals surface area contributed by atoms with Crippen LogP contribution in [-0.2, 0) is 16.0 Å². The lowest BCUT2D eigenvalue weighted by Gasteiger charge is -2.38. The number of H-pyrrole nitrogens is 1. The lowest BCUT2D eigenvalue weighted by Crippen LogP contribution is -2.45. The molecule has 3 heterocycles. The largest absolute Gasteiger partial charge is 0.369 e. The summed E-state index contributed by atoms with van der Waals surface area (Å²) in [5.74, 6) is -0.723. The average molecular weight is 333 g/mol. The molecule has 0 atom stereocenters. The summed E-state index contributed by atoms with van der Waals surface area (Å²) >= 11 is 0. The summed E-state index contributed by atoms with van der Waals surface area (Å²) in [7, 11) is 0. The first-order valence-corrected chi connectivity index (χ1v) is 8.13. The summed E-state index contributed by atoms with van der Waals surface area (Å²) in [6, 6.07) is 5.15. The molecule has 3 N–H and O–H groups in total. The summed E-state index contributed by atoms with van der Waals surface area (Å²) in [6.07, 6.45) is 1.49. The molecule has 2 fully saturated rings. The third-order valence-electron chi connectivity index (χ3n) is 4.73. The molecule has 128 valence electrons. The van der Waals surface area contributed by atoms with Crippen LogP contribution in [0.5, 0.6) is 0 Å². The molecule has 8 heteroatoms. The predicted octanol–water partition coefficient (Wildman–Crippen LogP) is 1.41. The van der Waals surface area contributed by atoms with Gasteiger partial charge in [0.05, 0.1) is 24.6 Å². The standard InChI is InChI=1S/C16H20FN5O2/c17-12-9-11(15-13(10-18)19-21-20-15)1-2-14(12)22-5-3-16(4-6-22)23-7-8-24-16/h1-2,9H,3-8,10,18H2,(H,19,20,21). The number of halogens is 1. The maximum atomic E-state index is 14.6. The smallest absolute Gasteiger partial charge is 0.171 e. The van der Waals surface area contributed by atoms with E-state index in [0.717, 1.165) is 12.8 Å². The van der Waals surface area contributed by atoms with E-state index in [0.29, 0.717) is 48.9 Å². The number of ether oxygens (including phenoxy) is 2. The van der Waals surface area contributed by atoms with E-state index in [9.17, 15) is 4.39 Å². The van der Waals surface area contributed by atoms with Crippen molar-refractivity contribution < 1.29 is 13.9 Å². The van der Waals surface area contributed by atoms with Gasteiger partial charge in [-0.15, -0.1) is 5.10 Å². The minimum atomic E-state index is -0.454. The number of piperidine rings is 1. The molecule has 0 aliphatic carbocycles. The molecule has 1 aromatic heterocycles. The molecule has 24 heavy (non-hydrogen) atoms. The first-order chi connectivity index (χ1) is 11.7. The molecule has 0 unspecified atom stereocenters. The monoisotopic (exact) mass is 333 g/mol. The molecule has 2 saturated heterocycles. The Labute approximate surface area is 138 Å². The van der Waals surface area contributed by atoms with E-state index in [1.54, 1.807) is 6.07 Å². The number of hydrogen-bond acceptors (Lipinski definition) is 6. The number of nitrogens with two attached hydrogens (primary N) is 1. The highest BCUT2D eigenvalue weighted by atomic mass is 19.1. The van der Waals surface area contributed by atoms with Gasteiger partial charge >= 0.3 is 0 Å². The quantitative estimate of drug-likeness (QED) is 0.883. The molecule has 7 nitrogen and oxygen atoms in total. The highest BCUT2D eigenvalue weighted by Crippen LogP contribution is 2.34. The summed E-state index contributed by atoms with van der Waals surface area (Å²) < 4.78 is 26.1. The van der Waals surface area contributed by atoms with Gasteiger partial charge < -0.3 is 20.1 Å². The van der Waals surface area contributed by atoms with Crippen molar-refractivity contribution in [2.24, 2.45) is 5.73 Å². The maximum absolute atomic E-state index is 14.6. The van der Waals surface area contributed by atoms with Gasteiger partial charge in [0.1, 0.15) is 11.5 Å². The van der Waals surface area contributed by atoms with Gasteiger partial charge in [0.2, 0.25) is 0 Å². The lowest BCUT2D eigenvalue weighted by atomic mass is 10.0. The molecule has 0 radical (unpaired) electrons. The summed E-state index contributed by atoms with van der Waals surface area (Å²) in [4.78, 5) is 2.03. The van der Waals surface area contributed by atoms with Crippen LogP contribution in [0.3, 0.4) is 0 Å². The average Bonchev–Trinajstić information content (AvgIpc) is 3.25. The van der Waals surface area contributed by atoms with Gasteiger partial charge in [-0.25, -0.2) is 4.39 Å². The number of nitrogens with one attached hydrogen (secondary N) is 1. The first kappa shape index (κ1) is 15.5. The fourth-order valence-corrected chi connectivity index (χ4v) is 3.42. The van der Waals surface area contributed by atoms with E-state index in [2.05, 4.69) is 15.4 Å². The number of benzene rings is 1. The van der Waals surface area contributed by atoms with E-state index in [1.807, 2.05) is 11.0 Å². The van der Waals surface area contributed by atoms with E-state index in [4.69, 9.17) is 15.2 Å². The van der Waals surface area contributed by atoms with Crippen LogP contribution in [0.4, 0.5) is 10.1 Å². The zero-order valence-electron chi connectivity index (χ0n) is 13.3. The van der Waals surface area contributed by atoms with Gasteiger partial charge in [0, 0.05) is 38.0 Å². The van der Waals surface area contributed by atoms with Gasteiger partial charge in [-0.3, -0.25) is 5.10 Å². The summed E-state index contributed by atoms with van der Waals surface area (Å²) in [5, 5.41) is 10.4. The van der Waals surface area contributed by atoms with Gasteiger partial charge in [-0.1, -0.05) is 11.3 Å². The van der Waals surface area contributed by atoms with Crippen molar-refractivity contribution in [1.29, 1.82) is 0 Å². The van der Waals surface area contributed by atoms with E-state index >= 15 is 0 Å². The Morgan fingerprint density at radius 3 is 2.67 bits per heavy atom. The fourth-order valence-electron chi connectivity index (χ4n) is 3.42. The van der Waals surface area contributed by atoms with Crippen LogP contribution in [0.15, 0.2) is 18.2 Å². The second-order valence-corrected chi connectivity index (χ2v) is 6.10. The van der Waals surface area contributed by atoms with E-state index in [1.165, 1.54) is 6.07 Å².